The van der Waals surface area contributed by atoms with Crippen LogP contribution in [0.15, 0.2) is 35.0 Å². The number of halogens is 1. The number of anilines is 1. The van der Waals surface area contributed by atoms with Gasteiger partial charge in [-0.2, -0.15) is 11.3 Å². The molecule has 2 nitrogen and oxygen atoms in total. The van der Waals surface area contributed by atoms with Gasteiger partial charge in [-0.3, -0.25) is 4.79 Å². The smallest absolute Gasteiger partial charge is 0.152 e. The molecule has 4 heteroatoms. The van der Waals surface area contributed by atoms with Crippen LogP contribution < -0.4 is 4.90 Å². The highest BCUT2D eigenvalue weighted by Crippen LogP contribution is 2.24. The Labute approximate surface area is 103 Å². The van der Waals surface area contributed by atoms with Crippen molar-refractivity contribution in [3.63, 3.8) is 0 Å². The molecule has 88 valence electrons. The molecular weight excluding hydrogens is 237 g/mol. The van der Waals surface area contributed by atoms with Crippen molar-refractivity contribution < 1.29 is 9.18 Å². The van der Waals surface area contributed by atoms with Crippen LogP contribution in [0.1, 0.15) is 15.9 Å². The molecule has 0 spiro atoms. The van der Waals surface area contributed by atoms with Gasteiger partial charge in [0.05, 0.1) is 5.69 Å². The van der Waals surface area contributed by atoms with Crippen LogP contribution in [-0.4, -0.2) is 13.3 Å². The number of thiophene rings is 1. The van der Waals surface area contributed by atoms with E-state index in [1.165, 1.54) is 6.07 Å². The van der Waals surface area contributed by atoms with Crippen molar-refractivity contribution in [2.75, 3.05) is 11.9 Å². The lowest BCUT2D eigenvalue weighted by molar-refractivity contribution is 0.112. The monoisotopic (exact) mass is 249 g/mol. The molecule has 0 unspecified atom stereocenters. The topological polar surface area (TPSA) is 20.3 Å². The quantitative estimate of drug-likeness (QED) is 0.775. The summed E-state index contributed by atoms with van der Waals surface area (Å²) in [7, 11) is 1.78. The SMILES string of the molecule is CN(Cc1ccsc1)c1c(F)cccc1C=O. The Morgan fingerprint density at radius 1 is 1.41 bits per heavy atom. The Kier molecular flexibility index (Phi) is 3.54. The number of hydrogen-bond donors (Lipinski definition) is 0. The average molecular weight is 249 g/mol. The third kappa shape index (κ3) is 2.53. The van der Waals surface area contributed by atoms with Gasteiger partial charge < -0.3 is 4.90 Å². The van der Waals surface area contributed by atoms with Gasteiger partial charge in [-0.05, 0) is 34.5 Å². The van der Waals surface area contributed by atoms with Gasteiger partial charge in [0.25, 0.3) is 0 Å². The van der Waals surface area contributed by atoms with E-state index in [1.54, 1.807) is 35.4 Å². The number of aldehydes is 1. The third-order valence-electron chi connectivity index (χ3n) is 2.53. The number of carbonyl (C=O) groups is 1. The summed E-state index contributed by atoms with van der Waals surface area (Å²) in [5, 5.41) is 3.99. The number of rotatable bonds is 4. The second kappa shape index (κ2) is 5.10. The molecule has 0 bridgehead atoms. The first-order valence-corrected chi connectivity index (χ1v) is 6.12. The maximum atomic E-state index is 13.7. The van der Waals surface area contributed by atoms with E-state index in [9.17, 15) is 9.18 Å². The second-order valence-corrected chi connectivity index (χ2v) is 4.56. The summed E-state index contributed by atoms with van der Waals surface area (Å²) >= 11 is 1.60. The molecule has 1 aromatic heterocycles. The van der Waals surface area contributed by atoms with E-state index in [0.717, 1.165) is 5.56 Å². The van der Waals surface area contributed by atoms with E-state index in [-0.39, 0.29) is 5.82 Å². The third-order valence-corrected chi connectivity index (χ3v) is 3.26. The minimum absolute atomic E-state index is 0.355. The van der Waals surface area contributed by atoms with Crippen LogP contribution in [0.2, 0.25) is 0 Å². The van der Waals surface area contributed by atoms with Crippen molar-refractivity contribution in [1.29, 1.82) is 0 Å². The van der Waals surface area contributed by atoms with Crippen LogP contribution in [0.4, 0.5) is 10.1 Å². The summed E-state index contributed by atoms with van der Waals surface area (Å²) in [5.74, 6) is -0.368. The molecule has 0 saturated heterocycles. The molecule has 0 aliphatic rings. The average Bonchev–Trinajstić information content (AvgIpc) is 2.81. The number of para-hydroxylation sites is 1. The zero-order valence-electron chi connectivity index (χ0n) is 9.39. The first kappa shape index (κ1) is 11.8. The molecule has 0 aliphatic heterocycles. The lowest BCUT2D eigenvalue weighted by atomic mass is 10.1. The van der Waals surface area contributed by atoms with Crippen LogP contribution >= 0.6 is 11.3 Å². The van der Waals surface area contributed by atoms with Gasteiger partial charge in [-0.1, -0.05) is 6.07 Å². The summed E-state index contributed by atoms with van der Waals surface area (Å²) in [6, 6.07) is 6.52. The summed E-state index contributed by atoms with van der Waals surface area (Å²) in [4.78, 5) is 12.6. The largest absolute Gasteiger partial charge is 0.367 e. The van der Waals surface area contributed by atoms with Crippen molar-refractivity contribution >= 4 is 23.3 Å². The standard InChI is InChI=1S/C13H12FNOS/c1-15(7-10-5-6-17-9-10)13-11(8-16)3-2-4-12(13)14/h2-6,8-9H,7H2,1H3. The molecule has 0 N–H and O–H groups in total. The normalized spacial score (nSPS) is 10.2. The van der Waals surface area contributed by atoms with Crippen LogP contribution in [0.5, 0.6) is 0 Å². The molecule has 0 saturated carbocycles. The number of benzene rings is 1. The highest BCUT2D eigenvalue weighted by molar-refractivity contribution is 7.07. The Morgan fingerprint density at radius 2 is 2.24 bits per heavy atom. The fraction of sp³-hybridized carbons (Fsp3) is 0.154. The zero-order chi connectivity index (χ0) is 12.3. The lowest BCUT2D eigenvalue weighted by Gasteiger charge is -2.20. The molecule has 0 amide bonds. The molecule has 1 heterocycles. The Bertz CT molecular complexity index is 510. The maximum absolute atomic E-state index is 13.7. The molecule has 0 radical (unpaired) electrons. The minimum Gasteiger partial charge on any atom is -0.367 e. The summed E-state index contributed by atoms with van der Waals surface area (Å²) in [5.41, 5.74) is 1.84. The molecule has 0 atom stereocenters. The first-order valence-electron chi connectivity index (χ1n) is 5.18. The minimum atomic E-state index is -0.368. The lowest BCUT2D eigenvalue weighted by Crippen LogP contribution is -2.19. The summed E-state index contributed by atoms with van der Waals surface area (Å²) < 4.78 is 13.7. The molecule has 17 heavy (non-hydrogen) atoms. The van der Waals surface area contributed by atoms with E-state index in [1.807, 2.05) is 16.8 Å². The van der Waals surface area contributed by atoms with E-state index < -0.39 is 0 Å². The molecule has 2 aromatic rings. The molecule has 0 fully saturated rings. The second-order valence-electron chi connectivity index (χ2n) is 3.78. The summed E-state index contributed by atoms with van der Waals surface area (Å²) in [6.07, 6.45) is 0.683. The first-order chi connectivity index (χ1) is 8.22. The van der Waals surface area contributed by atoms with Crippen LogP contribution in [-0.2, 0) is 6.54 Å². The maximum Gasteiger partial charge on any atom is 0.152 e. The van der Waals surface area contributed by atoms with Crippen molar-refractivity contribution in [3.8, 4) is 0 Å². The fourth-order valence-electron chi connectivity index (χ4n) is 1.77. The Hall–Kier alpha value is -1.68. The van der Waals surface area contributed by atoms with Crippen LogP contribution in [0, 0.1) is 5.82 Å². The van der Waals surface area contributed by atoms with Crippen LogP contribution in [0.3, 0.4) is 0 Å². The van der Waals surface area contributed by atoms with Crippen molar-refractivity contribution in [1.82, 2.24) is 0 Å². The van der Waals surface area contributed by atoms with Crippen LogP contribution in [0.25, 0.3) is 0 Å². The van der Waals surface area contributed by atoms with Gasteiger partial charge >= 0.3 is 0 Å². The zero-order valence-corrected chi connectivity index (χ0v) is 10.2. The molecule has 1 aromatic carbocycles. The van der Waals surface area contributed by atoms with E-state index >= 15 is 0 Å². The van der Waals surface area contributed by atoms with Gasteiger partial charge in [0.2, 0.25) is 0 Å². The van der Waals surface area contributed by atoms with Gasteiger partial charge in [0, 0.05) is 19.2 Å². The van der Waals surface area contributed by atoms with Crippen molar-refractivity contribution in [2.24, 2.45) is 0 Å². The molecule has 2 rings (SSSR count). The van der Waals surface area contributed by atoms with Crippen molar-refractivity contribution in [2.45, 2.75) is 6.54 Å². The molecular formula is C13H12FNOS. The van der Waals surface area contributed by atoms with Gasteiger partial charge in [-0.25, -0.2) is 4.39 Å². The Balaban J connectivity index is 2.30. The fourth-order valence-corrected chi connectivity index (χ4v) is 2.43. The highest BCUT2D eigenvalue weighted by atomic mass is 32.1. The number of hydrogen-bond acceptors (Lipinski definition) is 3. The predicted molar refractivity (Wildman–Crippen MR) is 68.2 cm³/mol. The summed E-state index contributed by atoms with van der Waals surface area (Å²) in [6.45, 7) is 0.589. The van der Waals surface area contributed by atoms with E-state index in [4.69, 9.17) is 0 Å². The van der Waals surface area contributed by atoms with Crippen molar-refractivity contribution in [3.05, 3.63) is 52.0 Å². The number of nitrogens with zero attached hydrogens (tertiary/aromatic N) is 1. The van der Waals surface area contributed by atoms with Gasteiger partial charge in [0.1, 0.15) is 5.82 Å². The van der Waals surface area contributed by atoms with E-state index in [0.29, 0.717) is 24.1 Å². The van der Waals surface area contributed by atoms with Gasteiger partial charge in [0.15, 0.2) is 6.29 Å². The Morgan fingerprint density at radius 3 is 2.88 bits per heavy atom. The molecule has 0 aliphatic carbocycles. The predicted octanol–water partition coefficient (Wildman–Crippen LogP) is 3.34. The highest BCUT2D eigenvalue weighted by Gasteiger charge is 2.12. The van der Waals surface area contributed by atoms with E-state index in [2.05, 4.69) is 0 Å². The number of carbonyl (C=O) groups excluding carboxylic acids is 1. The van der Waals surface area contributed by atoms with Gasteiger partial charge in [-0.15, -0.1) is 0 Å².